The third-order valence-corrected chi connectivity index (χ3v) is 4.34. The van der Waals surface area contributed by atoms with E-state index < -0.39 is 9.84 Å². The van der Waals surface area contributed by atoms with Gasteiger partial charge in [-0.3, -0.25) is 0 Å². The average Bonchev–Trinajstić information content (AvgIpc) is 2.36. The van der Waals surface area contributed by atoms with Crippen LogP contribution in [0.5, 0.6) is 0 Å². The van der Waals surface area contributed by atoms with Gasteiger partial charge in [-0.25, -0.2) is 8.42 Å². The summed E-state index contributed by atoms with van der Waals surface area (Å²) < 4.78 is 23.8. The molecule has 0 amide bonds. The summed E-state index contributed by atoms with van der Waals surface area (Å²) in [4.78, 5) is 4.77. The van der Waals surface area contributed by atoms with Gasteiger partial charge in [0.25, 0.3) is 0 Å². The van der Waals surface area contributed by atoms with Crippen molar-refractivity contribution in [2.75, 3.05) is 12.9 Å². The molecule has 0 saturated heterocycles. The van der Waals surface area contributed by atoms with Gasteiger partial charge in [0, 0.05) is 5.56 Å². The molecule has 0 unspecified atom stereocenters. The molecule has 0 aromatic heterocycles. The molecular weight excluding hydrogens is 252 g/mol. The van der Waals surface area contributed by atoms with Crippen molar-refractivity contribution in [1.29, 1.82) is 5.26 Å². The van der Waals surface area contributed by atoms with Gasteiger partial charge >= 0.3 is 0 Å². The highest BCUT2D eigenvalue weighted by Gasteiger charge is 2.16. The Labute approximate surface area is 107 Å². The first kappa shape index (κ1) is 14.2. The number of benzene rings is 1. The fourth-order valence-electron chi connectivity index (χ4n) is 1.47. The standard InChI is InChI=1S/C12H14N2O3S/c1-4-18(15,16)12-7-10(6-5-9(12)2)11(8-13)14-17-3/h5-7H,4H2,1-3H3/b14-11+. The lowest BCUT2D eigenvalue weighted by atomic mass is 10.1. The molecule has 0 heterocycles. The van der Waals surface area contributed by atoms with Crippen molar-refractivity contribution in [2.24, 2.45) is 5.16 Å². The molecule has 0 bridgehead atoms. The molecule has 0 saturated carbocycles. The summed E-state index contributed by atoms with van der Waals surface area (Å²) in [6, 6.07) is 6.62. The Hall–Kier alpha value is -1.87. The van der Waals surface area contributed by atoms with E-state index in [0.29, 0.717) is 11.1 Å². The first-order valence-electron chi connectivity index (χ1n) is 5.31. The number of hydrogen-bond acceptors (Lipinski definition) is 5. The smallest absolute Gasteiger partial charge is 0.186 e. The Kier molecular flexibility index (Phi) is 4.45. The van der Waals surface area contributed by atoms with Crippen molar-refractivity contribution in [3.05, 3.63) is 29.3 Å². The van der Waals surface area contributed by atoms with Crippen LogP contribution >= 0.6 is 0 Å². The Bertz CT molecular complexity index is 613. The maximum Gasteiger partial charge on any atom is 0.186 e. The number of nitriles is 1. The monoisotopic (exact) mass is 266 g/mol. The summed E-state index contributed by atoms with van der Waals surface area (Å²) >= 11 is 0. The van der Waals surface area contributed by atoms with Crippen LogP contribution in [0.2, 0.25) is 0 Å². The van der Waals surface area contributed by atoms with E-state index in [1.54, 1.807) is 26.0 Å². The lowest BCUT2D eigenvalue weighted by Gasteiger charge is -2.07. The van der Waals surface area contributed by atoms with Gasteiger partial charge in [0.15, 0.2) is 15.5 Å². The summed E-state index contributed by atoms with van der Waals surface area (Å²) in [6.45, 7) is 3.29. The zero-order valence-electron chi connectivity index (χ0n) is 10.5. The van der Waals surface area contributed by atoms with Gasteiger partial charge in [-0.15, -0.1) is 0 Å². The molecule has 0 aliphatic carbocycles. The van der Waals surface area contributed by atoms with E-state index in [2.05, 4.69) is 9.99 Å². The molecule has 5 nitrogen and oxygen atoms in total. The minimum atomic E-state index is -3.31. The van der Waals surface area contributed by atoms with E-state index in [9.17, 15) is 8.42 Å². The van der Waals surface area contributed by atoms with Gasteiger partial charge in [-0.05, 0) is 18.6 Å². The summed E-state index contributed by atoms with van der Waals surface area (Å²) in [6.07, 6.45) is 0. The molecule has 1 aromatic carbocycles. The summed E-state index contributed by atoms with van der Waals surface area (Å²) in [5.74, 6) is 0.0145. The molecule has 0 fully saturated rings. The molecule has 0 aliphatic heterocycles. The second-order valence-corrected chi connectivity index (χ2v) is 5.86. The molecule has 18 heavy (non-hydrogen) atoms. The maximum absolute atomic E-state index is 11.9. The van der Waals surface area contributed by atoms with Crippen LogP contribution < -0.4 is 0 Å². The molecule has 0 aliphatic rings. The number of nitrogens with zero attached hydrogens (tertiary/aromatic N) is 2. The number of oxime groups is 1. The highest BCUT2D eigenvalue weighted by atomic mass is 32.2. The maximum atomic E-state index is 11.9. The Morgan fingerprint density at radius 3 is 2.67 bits per heavy atom. The van der Waals surface area contributed by atoms with Crippen molar-refractivity contribution in [1.82, 2.24) is 0 Å². The van der Waals surface area contributed by atoms with Gasteiger partial charge in [-0.2, -0.15) is 5.26 Å². The minimum absolute atomic E-state index is 0.0145. The van der Waals surface area contributed by atoms with E-state index in [1.807, 2.05) is 6.07 Å². The largest absolute Gasteiger partial charge is 0.398 e. The van der Waals surface area contributed by atoms with Crippen molar-refractivity contribution in [3.63, 3.8) is 0 Å². The average molecular weight is 266 g/mol. The predicted octanol–water partition coefficient (Wildman–Crippen LogP) is 1.66. The predicted molar refractivity (Wildman–Crippen MR) is 68.1 cm³/mol. The Morgan fingerprint density at radius 1 is 1.50 bits per heavy atom. The molecule has 0 spiro atoms. The van der Waals surface area contributed by atoms with Gasteiger partial charge in [0.1, 0.15) is 13.2 Å². The lowest BCUT2D eigenvalue weighted by molar-refractivity contribution is 0.214. The van der Waals surface area contributed by atoms with E-state index >= 15 is 0 Å². The molecule has 0 radical (unpaired) electrons. The lowest BCUT2D eigenvalue weighted by Crippen LogP contribution is -2.08. The summed E-state index contributed by atoms with van der Waals surface area (Å²) in [7, 11) is -1.98. The first-order valence-corrected chi connectivity index (χ1v) is 6.96. The van der Waals surface area contributed by atoms with Crippen LogP contribution in [-0.4, -0.2) is 27.0 Å². The molecular formula is C12H14N2O3S. The normalized spacial score (nSPS) is 12.0. The van der Waals surface area contributed by atoms with Crippen molar-refractivity contribution < 1.29 is 13.3 Å². The topological polar surface area (TPSA) is 79.5 Å². The van der Waals surface area contributed by atoms with Crippen molar-refractivity contribution in [3.8, 4) is 6.07 Å². The fraction of sp³-hybridized carbons (Fsp3) is 0.333. The highest BCUT2D eigenvalue weighted by molar-refractivity contribution is 7.91. The molecule has 96 valence electrons. The highest BCUT2D eigenvalue weighted by Crippen LogP contribution is 2.19. The number of aryl methyl sites for hydroxylation is 1. The van der Waals surface area contributed by atoms with Gasteiger partial charge in [0.2, 0.25) is 0 Å². The summed E-state index contributed by atoms with van der Waals surface area (Å²) in [5.41, 5.74) is 1.12. The number of rotatable bonds is 4. The zero-order chi connectivity index (χ0) is 13.8. The molecule has 1 aromatic rings. The minimum Gasteiger partial charge on any atom is -0.398 e. The third kappa shape index (κ3) is 2.87. The van der Waals surface area contributed by atoms with Crippen LogP contribution in [-0.2, 0) is 14.7 Å². The van der Waals surface area contributed by atoms with E-state index in [0.717, 1.165) is 0 Å². The van der Waals surface area contributed by atoms with Crippen LogP contribution in [0.4, 0.5) is 0 Å². The molecule has 6 heteroatoms. The van der Waals surface area contributed by atoms with Crippen LogP contribution in [0.15, 0.2) is 28.3 Å². The van der Waals surface area contributed by atoms with Crippen molar-refractivity contribution >= 4 is 15.5 Å². The van der Waals surface area contributed by atoms with Crippen LogP contribution in [0, 0.1) is 18.3 Å². The Balaban J connectivity index is 3.43. The summed E-state index contributed by atoms with van der Waals surface area (Å²) in [5, 5.41) is 12.5. The van der Waals surface area contributed by atoms with Gasteiger partial charge in [-0.1, -0.05) is 24.2 Å². The third-order valence-electron chi connectivity index (χ3n) is 2.47. The first-order chi connectivity index (χ1) is 8.46. The second-order valence-electron chi connectivity index (χ2n) is 3.62. The SMILES string of the molecule is CCS(=O)(=O)c1cc(/C(C#N)=N/OC)ccc1C. The molecule has 0 atom stereocenters. The van der Waals surface area contributed by atoms with E-state index in [1.165, 1.54) is 13.2 Å². The van der Waals surface area contributed by atoms with Crippen LogP contribution in [0.3, 0.4) is 0 Å². The van der Waals surface area contributed by atoms with Gasteiger partial charge in [0.05, 0.1) is 10.6 Å². The quantitative estimate of drug-likeness (QED) is 0.613. The Morgan fingerprint density at radius 2 is 2.17 bits per heavy atom. The fourth-order valence-corrected chi connectivity index (χ4v) is 2.64. The molecule has 0 N–H and O–H groups in total. The van der Waals surface area contributed by atoms with Crippen LogP contribution in [0.1, 0.15) is 18.1 Å². The molecule has 1 rings (SSSR count). The van der Waals surface area contributed by atoms with E-state index in [-0.39, 0.29) is 16.4 Å². The van der Waals surface area contributed by atoms with Crippen LogP contribution in [0.25, 0.3) is 0 Å². The number of hydrogen-bond donors (Lipinski definition) is 0. The zero-order valence-corrected chi connectivity index (χ0v) is 11.3. The van der Waals surface area contributed by atoms with Gasteiger partial charge < -0.3 is 4.84 Å². The second kappa shape index (κ2) is 5.65. The van der Waals surface area contributed by atoms with E-state index in [4.69, 9.17) is 5.26 Å². The van der Waals surface area contributed by atoms with Crippen molar-refractivity contribution in [2.45, 2.75) is 18.7 Å². The number of sulfone groups is 1.